The van der Waals surface area contributed by atoms with E-state index in [9.17, 15) is 31.1 Å². The van der Waals surface area contributed by atoms with Crippen molar-refractivity contribution in [2.24, 2.45) is 5.73 Å². The molecule has 1 amide bonds. The van der Waals surface area contributed by atoms with Crippen LogP contribution in [0, 0.1) is 11.6 Å². The Hall–Kier alpha value is -1.97. The molecule has 1 aromatic rings. The van der Waals surface area contributed by atoms with Crippen molar-refractivity contribution in [3.8, 4) is 0 Å². The number of hydrogen-bond acceptors (Lipinski definition) is 3. The molecular weight excluding hydrogens is 306 g/mol. The van der Waals surface area contributed by atoms with Gasteiger partial charge in [0.2, 0.25) is 0 Å². The van der Waals surface area contributed by atoms with Gasteiger partial charge in [-0.3, -0.25) is 9.53 Å². The molecular formula is C11H8F6N2O2. The van der Waals surface area contributed by atoms with Crippen LogP contribution in [0.15, 0.2) is 12.1 Å². The van der Waals surface area contributed by atoms with Crippen LogP contribution < -0.4 is 10.6 Å². The van der Waals surface area contributed by atoms with Crippen LogP contribution >= 0.6 is 0 Å². The van der Waals surface area contributed by atoms with E-state index < -0.39 is 54.1 Å². The Balaban J connectivity index is 2.40. The summed E-state index contributed by atoms with van der Waals surface area (Å²) in [5.41, 5.74) is 3.07. The van der Waals surface area contributed by atoms with E-state index in [0.717, 1.165) is 0 Å². The molecule has 0 aliphatic carbocycles. The van der Waals surface area contributed by atoms with Gasteiger partial charge in [0, 0.05) is 5.69 Å². The van der Waals surface area contributed by atoms with Gasteiger partial charge >= 0.3 is 12.2 Å². The van der Waals surface area contributed by atoms with E-state index in [1.165, 1.54) is 0 Å². The average molecular weight is 314 g/mol. The molecule has 0 unspecified atom stereocenters. The van der Waals surface area contributed by atoms with Gasteiger partial charge in [0.15, 0.2) is 0 Å². The summed E-state index contributed by atoms with van der Waals surface area (Å²) in [6, 6.07) is 0.946. The molecule has 1 fully saturated rings. The zero-order valence-electron chi connectivity index (χ0n) is 10.2. The van der Waals surface area contributed by atoms with Crippen LogP contribution in [0.2, 0.25) is 0 Å². The standard InChI is InChI=1S/C11H8F6N2O2/c12-6-1-5(2-7(13)8(6)9(18)20)19-3-10(14,15)21-11(16,17)4-19/h1-2H,3-4H2,(H2,18,20). The van der Waals surface area contributed by atoms with Gasteiger partial charge in [-0.1, -0.05) is 0 Å². The van der Waals surface area contributed by atoms with E-state index in [-0.39, 0.29) is 0 Å². The predicted molar refractivity (Wildman–Crippen MR) is 58.1 cm³/mol. The zero-order valence-corrected chi connectivity index (χ0v) is 10.2. The first-order chi connectivity index (χ1) is 9.51. The molecule has 1 heterocycles. The Morgan fingerprint density at radius 1 is 1.10 bits per heavy atom. The summed E-state index contributed by atoms with van der Waals surface area (Å²) < 4.78 is 82.5. The summed E-state index contributed by atoms with van der Waals surface area (Å²) in [4.78, 5) is 11.2. The number of carbonyl (C=O) groups is 1. The molecule has 0 radical (unpaired) electrons. The summed E-state index contributed by atoms with van der Waals surface area (Å²) in [5.74, 6) is -4.28. The number of halogens is 6. The minimum Gasteiger partial charge on any atom is -0.365 e. The van der Waals surface area contributed by atoms with Gasteiger partial charge in [0.05, 0.1) is 0 Å². The Morgan fingerprint density at radius 3 is 1.90 bits per heavy atom. The number of primary amides is 1. The molecule has 1 saturated heterocycles. The summed E-state index contributed by atoms with van der Waals surface area (Å²) in [5, 5.41) is 0. The first-order valence-corrected chi connectivity index (χ1v) is 5.50. The third-order valence-electron chi connectivity index (χ3n) is 2.69. The second kappa shape index (κ2) is 4.79. The highest BCUT2D eigenvalue weighted by Gasteiger charge is 2.51. The van der Waals surface area contributed by atoms with Crippen LogP contribution in [-0.2, 0) is 4.74 Å². The predicted octanol–water partition coefficient (Wildman–Crippen LogP) is 2.09. The summed E-state index contributed by atoms with van der Waals surface area (Å²) in [7, 11) is 0. The van der Waals surface area contributed by atoms with E-state index in [4.69, 9.17) is 5.73 Å². The molecule has 0 atom stereocenters. The molecule has 4 nitrogen and oxygen atoms in total. The Labute approximate surface area is 114 Å². The molecule has 0 saturated carbocycles. The fraction of sp³-hybridized carbons (Fsp3) is 0.364. The highest BCUT2D eigenvalue weighted by Crippen LogP contribution is 2.36. The van der Waals surface area contributed by atoms with Gasteiger partial charge in [-0.15, -0.1) is 0 Å². The number of morpholine rings is 1. The molecule has 21 heavy (non-hydrogen) atoms. The van der Waals surface area contributed by atoms with Crippen LogP contribution in [0.25, 0.3) is 0 Å². The van der Waals surface area contributed by atoms with Gasteiger partial charge in [0.1, 0.15) is 30.3 Å². The molecule has 0 bridgehead atoms. The highest BCUT2D eigenvalue weighted by atomic mass is 19.3. The molecule has 1 aliphatic rings. The van der Waals surface area contributed by atoms with Crippen LogP contribution in [0.3, 0.4) is 0 Å². The van der Waals surface area contributed by atoms with Crippen molar-refractivity contribution in [1.29, 1.82) is 0 Å². The molecule has 10 heteroatoms. The van der Waals surface area contributed by atoms with Crippen LogP contribution in [0.5, 0.6) is 0 Å². The summed E-state index contributed by atoms with van der Waals surface area (Å²) in [6.07, 6.45) is -8.39. The first-order valence-electron chi connectivity index (χ1n) is 5.50. The van der Waals surface area contributed by atoms with Crippen molar-refractivity contribution >= 4 is 11.6 Å². The Bertz CT molecular complexity index is 553. The lowest BCUT2D eigenvalue weighted by atomic mass is 10.1. The maximum absolute atomic E-state index is 13.5. The highest BCUT2D eigenvalue weighted by molar-refractivity contribution is 5.93. The number of anilines is 1. The van der Waals surface area contributed by atoms with Crippen molar-refractivity contribution in [2.75, 3.05) is 18.0 Å². The van der Waals surface area contributed by atoms with Gasteiger partial charge < -0.3 is 10.6 Å². The van der Waals surface area contributed by atoms with Crippen molar-refractivity contribution in [3.63, 3.8) is 0 Å². The number of nitrogens with two attached hydrogens (primary N) is 1. The number of carbonyl (C=O) groups excluding carboxylic acids is 1. The molecule has 0 spiro atoms. The lowest BCUT2D eigenvalue weighted by Gasteiger charge is -2.38. The Morgan fingerprint density at radius 2 is 1.52 bits per heavy atom. The fourth-order valence-corrected chi connectivity index (χ4v) is 1.94. The van der Waals surface area contributed by atoms with E-state index >= 15 is 0 Å². The van der Waals surface area contributed by atoms with Gasteiger partial charge in [-0.2, -0.15) is 17.6 Å². The largest absolute Gasteiger partial charge is 0.377 e. The van der Waals surface area contributed by atoms with E-state index in [0.29, 0.717) is 17.0 Å². The van der Waals surface area contributed by atoms with E-state index in [1.807, 2.05) is 0 Å². The molecule has 2 rings (SSSR count). The SMILES string of the molecule is NC(=O)c1c(F)cc(N2CC(F)(F)OC(F)(F)C2)cc1F. The van der Waals surface area contributed by atoms with Crippen molar-refractivity contribution < 1.29 is 35.9 Å². The number of hydrogen-bond donors (Lipinski definition) is 1. The first kappa shape index (κ1) is 15.4. The van der Waals surface area contributed by atoms with Crippen molar-refractivity contribution in [3.05, 3.63) is 29.3 Å². The quantitative estimate of drug-likeness (QED) is 0.851. The number of nitrogens with zero attached hydrogens (tertiary/aromatic N) is 1. The monoisotopic (exact) mass is 314 g/mol. The number of ether oxygens (including phenoxy) is 1. The molecule has 1 aromatic carbocycles. The van der Waals surface area contributed by atoms with Gasteiger partial charge in [-0.05, 0) is 12.1 Å². The van der Waals surface area contributed by atoms with E-state index in [1.54, 1.807) is 0 Å². The molecule has 2 N–H and O–H groups in total. The fourth-order valence-electron chi connectivity index (χ4n) is 1.94. The maximum atomic E-state index is 13.5. The normalized spacial score (nSPS) is 20.4. The van der Waals surface area contributed by atoms with Crippen LogP contribution in [0.1, 0.15) is 10.4 Å². The van der Waals surface area contributed by atoms with Crippen LogP contribution in [0.4, 0.5) is 32.0 Å². The van der Waals surface area contributed by atoms with Crippen molar-refractivity contribution in [1.82, 2.24) is 0 Å². The number of rotatable bonds is 2. The third kappa shape index (κ3) is 3.20. The maximum Gasteiger partial charge on any atom is 0.377 e. The Kier molecular flexibility index (Phi) is 3.52. The zero-order chi connectivity index (χ0) is 16.0. The number of amides is 1. The lowest BCUT2D eigenvalue weighted by Crippen LogP contribution is -2.55. The smallest absolute Gasteiger partial charge is 0.365 e. The van der Waals surface area contributed by atoms with E-state index in [2.05, 4.69) is 4.74 Å². The minimum absolute atomic E-state index is 0.348. The average Bonchev–Trinajstić information content (AvgIpc) is 2.22. The van der Waals surface area contributed by atoms with Gasteiger partial charge in [-0.25, -0.2) is 8.78 Å². The minimum atomic E-state index is -4.20. The van der Waals surface area contributed by atoms with Gasteiger partial charge in [0.25, 0.3) is 5.91 Å². The topological polar surface area (TPSA) is 55.6 Å². The second-order valence-corrected chi connectivity index (χ2v) is 4.38. The molecule has 1 aliphatic heterocycles. The number of benzene rings is 1. The molecule has 116 valence electrons. The molecule has 0 aromatic heterocycles. The van der Waals surface area contributed by atoms with Crippen molar-refractivity contribution in [2.45, 2.75) is 12.2 Å². The lowest BCUT2D eigenvalue weighted by molar-refractivity contribution is -0.380. The van der Waals surface area contributed by atoms with Crippen LogP contribution in [-0.4, -0.2) is 31.2 Å². The summed E-state index contributed by atoms with van der Waals surface area (Å²) in [6.45, 7) is -2.64. The third-order valence-corrected chi connectivity index (χ3v) is 2.69. The summed E-state index contributed by atoms with van der Waals surface area (Å²) >= 11 is 0. The second-order valence-electron chi connectivity index (χ2n) is 4.38. The number of alkyl halides is 4.